The zero-order valence-corrected chi connectivity index (χ0v) is 13.5. The Balaban J connectivity index is 1.82. The summed E-state index contributed by atoms with van der Waals surface area (Å²) in [6, 6.07) is 5.24. The van der Waals surface area contributed by atoms with E-state index in [0.29, 0.717) is 37.0 Å². The van der Waals surface area contributed by atoms with Crippen LogP contribution in [0.3, 0.4) is 0 Å². The van der Waals surface area contributed by atoms with Crippen LogP contribution >= 0.6 is 0 Å². The van der Waals surface area contributed by atoms with Crippen molar-refractivity contribution in [2.45, 2.75) is 31.6 Å². The Morgan fingerprint density at radius 2 is 2.19 bits per heavy atom. The molecule has 0 radical (unpaired) electrons. The Morgan fingerprint density at radius 1 is 1.38 bits per heavy atom. The first-order valence-electron chi connectivity index (χ1n) is 7.43. The van der Waals surface area contributed by atoms with E-state index in [0.717, 1.165) is 24.2 Å². The third-order valence-electron chi connectivity index (χ3n) is 3.31. The minimum atomic E-state index is -3.42. The van der Waals surface area contributed by atoms with Crippen LogP contribution in [0.1, 0.15) is 25.8 Å². The predicted molar refractivity (Wildman–Crippen MR) is 84.1 cm³/mol. The summed E-state index contributed by atoms with van der Waals surface area (Å²) in [4.78, 5) is 0.341. The molecule has 0 bridgehead atoms. The Hall–Kier alpha value is -1.11. The second-order valence-electron chi connectivity index (χ2n) is 5.72. The van der Waals surface area contributed by atoms with Crippen molar-refractivity contribution in [3.8, 4) is 0 Å². The van der Waals surface area contributed by atoms with Crippen LogP contribution in [0.5, 0.6) is 0 Å². The second kappa shape index (κ2) is 7.24. The quantitative estimate of drug-likeness (QED) is 0.721. The highest BCUT2D eigenvalue weighted by atomic mass is 32.2. The maximum Gasteiger partial charge on any atom is 0.240 e. The lowest BCUT2D eigenvalue weighted by Crippen LogP contribution is -2.25. The van der Waals surface area contributed by atoms with Gasteiger partial charge in [0.15, 0.2) is 0 Å². The molecule has 0 aliphatic carbocycles. The van der Waals surface area contributed by atoms with Gasteiger partial charge in [0.1, 0.15) is 0 Å². The minimum Gasteiger partial charge on any atom is -0.384 e. The topological polar surface area (TPSA) is 67.4 Å². The van der Waals surface area contributed by atoms with Crippen LogP contribution in [-0.4, -0.2) is 34.7 Å². The third-order valence-corrected chi connectivity index (χ3v) is 4.76. The number of ether oxygens (including phenoxy) is 1. The van der Waals surface area contributed by atoms with E-state index in [4.69, 9.17) is 4.74 Å². The fraction of sp³-hybridized carbons (Fsp3) is 0.600. The minimum absolute atomic E-state index is 0.341. The van der Waals surface area contributed by atoms with Gasteiger partial charge < -0.3 is 10.1 Å². The predicted octanol–water partition coefficient (Wildman–Crippen LogP) is 2.00. The first-order valence-corrected chi connectivity index (χ1v) is 8.91. The van der Waals surface area contributed by atoms with Gasteiger partial charge in [0.2, 0.25) is 10.0 Å². The highest BCUT2D eigenvalue weighted by molar-refractivity contribution is 7.89. The zero-order valence-electron chi connectivity index (χ0n) is 12.7. The van der Waals surface area contributed by atoms with Crippen LogP contribution in [0.4, 0.5) is 5.69 Å². The molecule has 21 heavy (non-hydrogen) atoms. The Kier molecular flexibility index (Phi) is 5.61. The van der Waals surface area contributed by atoms with Crippen molar-refractivity contribution in [3.63, 3.8) is 0 Å². The summed E-state index contributed by atoms with van der Waals surface area (Å²) in [6.07, 6.45) is 1.56. The Labute approximate surface area is 127 Å². The molecule has 1 heterocycles. The molecule has 0 unspecified atom stereocenters. The van der Waals surface area contributed by atoms with E-state index in [1.54, 1.807) is 12.1 Å². The van der Waals surface area contributed by atoms with Gasteiger partial charge >= 0.3 is 0 Å². The van der Waals surface area contributed by atoms with Gasteiger partial charge in [-0.05, 0) is 42.5 Å². The average molecular weight is 312 g/mol. The molecule has 2 N–H and O–H groups in total. The van der Waals surface area contributed by atoms with Gasteiger partial charge in [-0.1, -0.05) is 13.8 Å². The van der Waals surface area contributed by atoms with E-state index in [9.17, 15) is 8.42 Å². The first-order chi connectivity index (χ1) is 9.99. The molecule has 0 spiro atoms. The van der Waals surface area contributed by atoms with Crippen molar-refractivity contribution < 1.29 is 13.2 Å². The average Bonchev–Trinajstić information content (AvgIpc) is 2.89. The maximum atomic E-state index is 12.2. The monoisotopic (exact) mass is 312 g/mol. The van der Waals surface area contributed by atoms with Gasteiger partial charge in [-0.25, -0.2) is 13.1 Å². The van der Waals surface area contributed by atoms with E-state index in [1.165, 1.54) is 0 Å². The van der Waals surface area contributed by atoms with Gasteiger partial charge in [-0.2, -0.15) is 0 Å². The number of rotatable bonds is 8. The summed E-state index contributed by atoms with van der Waals surface area (Å²) < 4.78 is 32.5. The molecule has 6 heteroatoms. The van der Waals surface area contributed by atoms with Crippen LogP contribution < -0.4 is 10.0 Å². The molecule has 118 valence electrons. The Morgan fingerprint density at radius 3 is 2.95 bits per heavy atom. The molecule has 0 fully saturated rings. The maximum absolute atomic E-state index is 12.2. The normalized spacial score (nSPS) is 14.2. The molecule has 5 nitrogen and oxygen atoms in total. The van der Waals surface area contributed by atoms with E-state index < -0.39 is 10.0 Å². The number of hydrogen-bond donors (Lipinski definition) is 2. The van der Waals surface area contributed by atoms with Gasteiger partial charge in [-0.15, -0.1) is 0 Å². The molecule has 0 saturated heterocycles. The summed E-state index contributed by atoms with van der Waals surface area (Å²) >= 11 is 0. The van der Waals surface area contributed by atoms with Gasteiger partial charge in [0.25, 0.3) is 0 Å². The first kappa shape index (κ1) is 16.3. The molecule has 1 aromatic carbocycles. The van der Waals surface area contributed by atoms with E-state index >= 15 is 0 Å². The lowest BCUT2D eigenvalue weighted by atomic mass is 10.2. The summed E-state index contributed by atoms with van der Waals surface area (Å²) in [5.74, 6) is 0.502. The van der Waals surface area contributed by atoms with Gasteiger partial charge in [0, 0.05) is 32.0 Å². The van der Waals surface area contributed by atoms with E-state index in [-0.39, 0.29) is 0 Å². The molecule has 1 aliphatic heterocycles. The number of hydrogen-bond acceptors (Lipinski definition) is 4. The highest BCUT2D eigenvalue weighted by Crippen LogP contribution is 2.24. The molecular formula is C15H24N2O3S. The van der Waals surface area contributed by atoms with Crippen molar-refractivity contribution >= 4 is 15.7 Å². The molecule has 1 aromatic rings. The molecule has 0 amide bonds. The van der Waals surface area contributed by atoms with Crippen LogP contribution in [0, 0.1) is 5.92 Å². The highest BCUT2D eigenvalue weighted by Gasteiger charge is 2.17. The smallest absolute Gasteiger partial charge is 0.240 e. The molecule has 2 rings (SSSR count). The number of anilines is 1. The lowest BCUT2D eigenvalue weighted by molar-refractivity contribution is 0.108. The summed E-state index contributed by atoms with van der Waals surface area (Å²) in [6.45, 7) is 6.74. The SMILES string of the molecule is CC(C)COCCCNS(=O)(=O)c1ccc2c(c1)CCN2. The van der Waals surface area contributed by atoms with E-state index in [1.807, 2.05) is 6.07 Å². The van der Waals surface area contributed by atoms with Crippen molar-refractivity contribution in [3.05, 3.63) is 23.8 Å². The molecule has 0 atom stereocenters. The number of benzene rings is 1. The van der Waals surface area contributed by atoms with Crippen LogP contribution in [0.2, 0.25) is 0 Å². The van der Waals surface area contributed by atoms with Gasteiger partial charge in [0.05, 0.1) is 4.90 Å². The number of sulfonamides is 1. The van der Waals surface area contributed by atoms with Crippen LogP contribution in [-0.2, 0) is 21.2 Å². The van der Waals surface area contributed by atoms with Gasteiger partial charge in [-0.3, -0.25) is 0 Å². The number of nitrogens with one attached hydrogen (secondary N) is 2. The fourth-order valence-corrected chi connectivity index (χ4v) is 3.36. The second-order valence-corrected chi connectivity index (χ2v) is 7.48. The molecule has 0 saturated carbocycles. The number of fused-ring (bicyclic) bond motifs is 1. The summed E-state index contributed by atoms with van der Waals surface area (Å²) in [5, 5.41) is 3.22. The van der Waals surface area contributed by atoms with Crippen LogP contribution in [0.25, 0.3) is 0 Å². The third kappa shape index (κ3) is 4.69. The molecule has 0 aromatic heterocycles. The largest absolute Gasteiger partial charge is 0.384 e. The molecular weight excluding hydrogens is 288 g/mol. The summed E-state index contributed by atoms with van der Waals surface area (Å²) in [5.41, 5.74) is 2.11. The van der Waals surface area contributed by atoms with Crippen molar-refractivity contribution in [2.24, 2.45) is 5.92 Å². The van der Waals surface area contributed by atoms with E-state index in [2.05, 4.69) is 23.9 Å². The fourth-order valence-electron chi connectivity index (χ4n) is 2.23. The van der Waals surface area contributed by atoms with Crippen LogP contribution in [0.15, 0.2) is 23.1 Å². The van der Waals surface area contributed by atoms with Crippen molar-refractivity contribution in [2.75, 3.05) is 31.6 Å². The summed E-state index contributed by atoms with van der Waals surface area (Å²) in [7, 11) is -3.42. The lowest BCUT2D eigenvalue weighted by Gasteiger charge is -2.09. The Bertz CT molecular complexity index is 570. The molecule has 1 aliphatic rings. The van der Waals surface area contributed by atoms with Crippen molar-refractivity contribution in [1.82, 2.24) is 4.72 Å². The standard InChI is InChI=1S/C15H24N2O3S/c1-12(2)11-20-9-3-7-17-21(18,19)14-4-5-15-13(10-14)6-8-16-15/h4-5,10,12,16-17H,3,6-9,11H2,1-2H3. The zero-order chi connectivity index (χ0) is 15.3. The van der Waals surface area contributed by atoms with Crippen molar-refractivity contribution in [1.29, 1.82) is 0 Å².